The predicted molar refractivity (Wildman–Crippen MR) is 77.1 cm³/mol. The topological polar surface area (TPSA) is 47.3 Å². The maximum absolute atomic E-state index is 12.8. The first-order chi connectivity index (χ1) is 9.81. The maximum Gasteiger partial charge on any atom is 0.418 e. The van der Waals surface area contributed by atoms with Crippen LogP contribution in [0.15, 0.2) is 36.4 Å². The third kappa shape index (κ3) is 3.52. The van der Waals surface area contributed by atoms with Crippen molar-refractivity contribution >= 4 is 28.7 Å². The minimum atomic E-state index is -4.51. The van der Waals surface area contributed by atoms with Gasteiger partial charge in [0.2, 0.25) is 0 Å². The van der Waals surface area contributed by atoms with Crippen LogP contribution in [0.1, 0.15) is 5.56 Å². The lowest BCUT2D eigenvalue weighted by molar-refractivity contribution is -0.136. The fourth-order valence-electron chi connectivity index (χ4n) is 1.81. The van der Waals surface area contributed by atoms with Gasteiger partial charge in [-0.3, -0.25) is 0 Å². The maximum atomic E-state index is 12.8. The number of benzene rings is 2. The fraction of sp³-hybridized carbons (Fsp3) is 0.143. The first kappa shape index (κ1) is 15.3. The molecule has 0 aromatic heterocycles. The van der Waals surface area contributed by atoms with Crippen molar-refractivity contribution in [3.8, 4) is 5.75 Å². The Bertz CT molecular complexity index is 659. The van der Waals surface area contributed by atoms with Crippen molar-refractivity contribution in [2.45, 2.75) is 6.18 Å². The Morgan fingerprint density at radius 2 is 1.86 bits per heavy atom. The Morgan fingerprint density at radius 3 is 2.48 bits per heavy atom. The molecule has 0 unspecified atom stereocenters. The van der Waals surface area contributed by atoms with E-state index in [0.29, 0.717) is 16.5 Å². The molecule has 2 aromatic carbocycles. The van der Waals surface area contributed by atoms with E-state index >= 15 is 0 Å². The van der Waals surface area contributed by atoms with E-state index in [1.807, 2.05) is 0 Å². The van der Waals surface area contributed by atoms with Crippen molar-refractivity contribution in [3.05, 3.63) is 47.0 Å². The van der Waals surface area contributed by atoms with Gasteiger partial charge in [0.1, 0.15) is 5.75 Å². The van der Waals surface area contributed by atoms with Crippen LogP contribution in [0.3, 0.4) is 0 Å². The lowest BCUT2D eigenvalue weighted by atomic mass is 10.1. The number of halogens is 4. The van der Waals surface area contributed by atoms with Gasteiger partial charge in [-0.15, -0.1) is 0 Å². The fourth-order valence-corrected chi connectivity index (χ4v) is 1.99. The third-order valence-corrected chi connectivity index (χ3v) is 3.03. The molecule has 7 heteroatoms. The molecule has 2 aromatic rings. The largest absolute Gasteiger partial charge is 0.495 e. The molecular weight excluding hydrogens is 305 g/mol. The molecule has 0 aliphatic carbocycles. The van der Waals surface area contributed by atoms with Crippen LogP contribution in [0, 0.1) is 0 Å². The standard InChI is InChI=1S/C14H12ClF3N2O/c1-21-13-5-2-8(15)6-12(13)20-9-3-4-11(19)10(7-9)14(16,17)18/h2-7,20H,19H2,1H3. The zero-order valence-electron chi connectivity index (χ0n) is 11.0. The highest BCUT2D eigenvalue weighted by molar-refractivity contribution is 6.31. The second kappa shape index (κ2) is 5.73. The number of nitrogen functional groups attached to an aromatic ring is 1. The van der Waals surface area contributed by atoms with Gasteiger partial charge in [0.15, 0.2) is 0 Å². The van der Waals surface area contributed by atoms with Gasteiger partial charge in [-0.25, -0.2) is 0 Å². The van der Waals surface area contributed by atoms with Crippen molar-refractivity contribution in [1.82, 2.24) is 0 Å². The molecule has 0 bridgehead atoms. The summed E-state index contributed by atoms with van der Waals surface area (Å²) in [5.41, 5.74) is 4.83. The van der Waals surface area contributed by atoms with E-state index in [0.717, 1.165) is 6.07 Å². The summed E-state index contributed by atoms with van der Waals surface area (Å²) in [5, 5.41) is 3.27. The highest BCUT2D eigenvalue weighted by Crippen LogP contribution is 2.37. The van der Waals surface area contributed by atoms with Crippen LogP contribution in [0.4, 0.5) is 30.2 Å². The summed E-state index contributed by atoms with van der Waals surface area (Å²) in [5.74, 6) is 0.463. The Kier molecular flexibility index (Phi) is 4.18. The number of alkyl halides is 3. The van der Waals surface area contributed by atoms with Gasteiger partial charge < -0.3 is 15.8 Å². The van der Waals surface area contributed by atoms with Crippen molar-refractivity contribution in [2.24, 2.45) is 0 Å². The van der Waals surface area contributed by atoms with Crippen molar-refractivity contribution < 1.29 is 17.9 Å². The molecule has 21 heavy (non-hydrogen) atoms. The van der Waals surface area contributed by atoms with Crippen molar-refractivity contribution in [3.63, 3.8) is 0 Å². The molecule has 0 saturated heterocycles. The van der Waals surface area contributed by atoms with E-state index in [2.05, 4.69) is 5.32 Å². The van der Waals surface area contributed by atoms with Crippen molar-refractivity contribution in [2.75, 3.05) is 18.2 Å². The first-order valence-electron chi connectivity index (χ1n) is 5.88. The molecule has 0 amide bonds. The molecule has 0 aliphatic heterocycles. The zero-order chi connectivity index (χ0) is 15.6. The average Bonchev–Trinajstić information content (AvgIpc) is 2.40. The second-order valence-corrected chi connectivity index (χ2v) is 4.71. The van der Waals surface area contributed by atoms with Crippen LogP contribution in [0.2, 0.25) is 5.02 Å². The number of hydrogen-bond donors (Lipinski definition) is 2. The van der Waals surface area contributed by atoms with Gasteiger partial charge in [-0.05, 0) is 36.4 Å². The summed E-state index contributed by atoms with van der Waals surface area (Å²) in [6.45, 7) is 0. The van der Waals surface area contributed by atoms with Crippen LogP contribution >= 0.6 is 11.6 Å². The van der Waals surface area contributed by atoms with E-state index < -0.39 is 11.7 Å². The highest BCUT2D eigenvalue weighted by Gasteiger charge is 2.33. The number of ether oxygens (including phenoxy) is 1. The summed E-state index contributed by atoms with van der Waals surface area (Å²) in [6.07, 6.45) is -4.51. The number of nitrogens with two attached hydrogens (primary N) is 1. The molecule has 0 radical (unpaired) electrons. The van der Waals surface area contributed by atoms with E-state index in [9.17, 15) is 13.2 Å². The lowest BCUT2D eigenvalue weighted by Gasteiger charge is -2.15. The van der Waals surface area contributed by atoms with Gasteiger partial charge in [0.25, 0.3) is 0 Å². The van der Waals surface area contributed by atoms with Gasteiger partial charge >= 0.3 is 6.18 Å². The normalized spacial score (nSPS) is 11.3. The van der Waals surface area contributed by atoms with Crippen LogP contribution in [-0.4, -0.2) is 7.11 Å². The summed E-state index contributed by atoms with van der Waals surface area (Å²) < 4.78 is 43.6. The quantitative estimate of drug-likeness (QED) is 0.807. The smallest absolute Gasteiger partial charge is 0.418 e. The SMILES string of the molecule is COc1ccc(Cl)cc1Nc1ccc(N)c(C(F)(F)F)c1. The van der Waals surface area contributed by atoms with Crippen molar-refractivity contribution in [1.29, 1.82) is 0 Å². The molecule has 3 nitrogen and oxygen atoms in total. The van der Waals surface area contributed by atoms with E-state index in [4.69, 9.17) is 22.1 Å². The monoisotopic (exact) mass is 316 g/mol. The van der Waals surface area contributed by atoms with Crippen LogP contribution < -0.4 is 15.8 Å². The Balaban J connectivity index is 2.39. The predicted octanol–water partition coefficient (Wildman–Crippen LogP) is 4.69. The Morgan fingerprint density at radius 1 is 1.14 bits per heavy atom. The number of hydrogen-bond acceptors (Lipinski definition) is 3. The van der Waals surface area contributed by atoms with E-state index in [-0.39, 0.29) is 11.4 Å². The molecule has 0 heterocycles. The van der Waals surface area contributed by atoms with E-state index in [1.165, 1.54) is 19.2 Å². The molecule has 112 valence electrons. The molecule has 0 saturated carbocycles. The number of rotatable bonds is 3. The lowest BCUT2D eigenvalue weighted by Crippen LogP contribution is -2.09. The minimum Gasteiger partial charge on any atom is -0.495 e. The molecular formula is C14H12ClF3N2O. The molecule has 0 fully saturated rings. The number of methoxy groups -OCH3 is 1. The average molecular weight is 317 g/mol. The third-order valence-electron chi connectivity index (χ3n) is 2.80. The van der Waals surface area contributed by atoms with Gasteiger partial charge in [0, 0.05) is 16.4 Å². The molecule has 0 spiro atoms. The molecule has 0 atom stereocenters. The zero-order valence-corrected chi connectivity index (χ0v) is 11.7. The first-order valence-corrected chi connectivity index (χ1v) is 6.26. The summed E-state index contributed by atoms with van der Waals surface area (Å²) in [7, 11) is 1.46. The summed E-state index contributed by atoms with van der Waals surface area (Å²) >= 11 is 5.87. The van der Waals surface area contributed by atoms with Gasteiger partial charge in [-0.2, -0.15) is 13.2 Å². The highest BCUT2D eigenvalue weighted by atomic mass is 35.5. The number of anilines is 3. The van der Waals surface area contributed by atoms with Gasteiger partial charge in [-0.1, -0.05) is 11.6 Å². The minimum absolute atomic E-state index is 0.233. The number of nitrogens with one attached hydrogen (secondary N) is 1. The molecule has 3 N–H and O–H groups in total. The summed E-state index contributed by atoms with van der Waals surface area (Å²) in [4.78, 5) is 0. The van der Waals surface area contributed by atoms with E-state index in [1.54, 1.807) is 18.2 Å². The Labute approximate surface area is 124 Å². The summed E-state index contributed by atoms with van der Waals surface area (Å²) in [6, 6.07) is 8.38. The van der Waals surface area contributed by atoms with Crippen LogP contribution in [-0.2, 0) is 6.18 Å². The van der Waals surface area contributed by atoms with Crippen LogP contribution in [0.25, 0.3) is 0 Å². The second-order valence-electron chi connectivity index (χ2n) is 4.27. The molecule has 2 rings (SSSR count). The van der Waals surface area contributed by atoms with Gasteiger partial charge in [0.05, 0.1) is 18.4 Å². The molecule has 0 aliphatic rings. The Hall–Kier alpha value is -2.08. The van der Waals surface area contributed by atoms with Crippen LogP contribution in [0.5, 0.6) is 5.75 Å².